The van der Waals surface area contributed by atoms with Gasteiger partial charge in [0.05, 0.1) is 16.7 Å². The van der Waals surface area contributed by atoms with Crippen LogP contribution in [0.4, 0.5) is 0 Å². The molecule has 3 heteroatoms. The van der Waals surface area contributed by atoms with Crippen LogP contribution in [0.5, 0.6) is 0 Å². The number of benzene rings is 6. The van der Waals surface area contributed by atoms with E-state index in [0.29, 0.717) is 0 Å². The Bertz CT molecular complexity index is 2430. The number of hydrogen-bond donors (Lipinski definition) is 0. The van der Waals surface area contributed by atoms with Crippen molar-refractivity contribution in [3.63, 3.8) is 0 Å². The lowest BCUT2D eigenvalue weighted by Crippen LogP contribution is -2.00. The van der Waals surface area contributed by atoms with Crippen molar-refractivity contribution >= 4 is 65.3 Å². The van der Waals surface area contributed by atoms with Crippen LogP contribution < -0.4 is 0 Å². The molecule has 3 nitrogen and oxygen atoms in total. The summed E-state index contributed by atoms with van der Waals surface area (Å²) in [6.07, 6.45) is 0. The molecule has 0 bridgehead atoms. The van der Waals surface area contributed by atoms with Crippen LogP contribution in [0.1, 0.15) is 0 Å². The van der Waals surface area contributed by atoms with Gasteiger partial charge in [-0.05, 0) is 23.6 Å². The Labute approximate surface area is 229 Å². The van der Waals surface area contributed by atoms with Gasteiger partial charge in [-0.1, -0.05) is 115 Å². The van der Waals surface area contributed by atoms with E-state index < -0.39 is 0 Å². The van der Waals surface area contributed by atoms with E-state index in [9.17, 15) is 0 Å². The minimum atomic E-state index is 0.904. The van der Waals surface area contributed by atoms with Gasteiger partial charge < -0.3 is 4.42 Å². The average molecular weight is 511 g/mol. The molecule has 0 spiro atoms. The van der Waals surface area contributed by atoms with Crippen molar-refractivity contribution in [1.29, 1.82) is 0 Å². The number of nitrogens with zero attached hydrogens (tertiary/aromatic N) is 2. The molecule has 3 aromatic heterocycles. The lowest BCUT2D eigenvalue weighted by Gasteiger charge is -2.14. The van der Waals surface area contributed by atoms with Gasteiger partial charge in [-0.3, -0.25) is 4.57 Å². The third-order valence-corrected chi connectivity index (χ3v) is 8.15. The molecule has 9 aromatic rings. The zero-order chi connectivity index (χ0) is 26.2. The molecule has 186 valence electrons. The van der Waals surface area contributed by atoms with Gasteiger partial charge in [0.1, 0.15) is 17.0 Å². The second kappa shape index (κ2) is 8.05. The van der Waals surface area contributed by atoms with Crippen molar-refractivity contribution in [2.24, 2.45) is 0 Å². The standard InChI is InChI=1S/C37H22N2O/c1-2-12-23(13-3-1)35-25-15-5-4-14-24(25)22-32(38-35)39-30-20-10-8-18-28(30)33-34-29-19-9-11-21-31(29)40-37(34)27-17-7-6-16-26(27)36(33)39/h1-22H. The Kier molecular flexibility index (Phi) is 4.33. The van der Waals surface area contributed by atoms with Crippen LogP contribution >= 0.6 is 0 Å². The number of hydrogen-bond acceptors (Lipinski definition) is 2. The minimum Gasteiger partial charge on any atom is -0.455 e. The normalized spacial score (nSPS) is 12.0. The largest absolute Gasteiger partial charge is 0.455 e. The van der Waals surface area contributed by atoms with Crippen LogP contribution in [0.15, 0.2) is 138 Å². The Morgan fingerprint density at radius 2 is 1.18 bits per heavy atom. The summed E-state index contributed by atoms with van der Waals surface area (Å²) < 4.78 is 8.90. The molecule has 0 aliphatic carbocycles. The average Bonchev–Trinajstić information content (AvgIpc) is 3.58. The minimum absolute atomic E-state index is 0.904. The third kappa shape index (κ3) is 2.86. The van der Waals surface area contributed by atoms with E-state index in [0.717, 1.165) is 71.6 Å². The SMILES string of the molecule is c1ccc(-c2nc(-n3c4ccccc4c4c5c6ccccc6oc5c5ccccc5c43)cc3ccccc23)cc1. The second-order valence-electron chi connectivity index (χ2n) is 10.3. The molecule has 6 aromatic carbocycles. The summed E-state index contributed by atoms with van der Waals surface area (Å²) in [6.45, 7) is 0. The first-order valence-electron chi connectivity index (χ1n) is 13.6. The van der Waals surface area contributed by atoms with E-state index in [-0.39, 0.29) is 0 Å². The smallest absolute Gasteiger partial charge is 0.144 e. The van der Waals surface area contributed by atoms with E-state index in [2.05, 4.69) is 132 Å². The Morgan fingerprint density at radius 3 is 2.02 bits per heavy atom. The third-order valence-electron chi connectivity index (χ3n) is 8.15. The van der Waals surface area contributed by atoms with Crippen LogP contribution in [-0.2, 0) is 0 Å². The van der Waals surface area contributed by atoms with Gasteiger partial charge in [-0.2, -0.15) is 0 Å². The van der Waals surface area contributed by atoms with E-state index >= 15 is 0 Å². The summed E-state index contributed by atoms with van der Waals surface area (Å²) in [6, 6.07) is 46.9. The Balaban J connectivity index is 1.54. The van der Waals surface area contributed by atoms with Crippen LogP contribution in [0, 0.1) is 0 Å². The molecule has 3 heterocycles. The molecule has 40 heavy (non-hydrogen) atoms. The first-order valence-corrected chi connectivity index (χ1v) is 13.6. The Hall–Kier alpha value is -5.41. The van der Waals surface area contributed by atoms with E-state index in [1.54, 1.807) is 0 Å². The van der Waals surface area contributed by atoms with E-state index in [4.69, 9.17) is 9.40 Å². The molecule has 0 fully saturated rings. The summed E-state index contributed by atoms with van der Waals surface area (Å²) in [5, 5.41) is 9.24. The maximum absolute atomic E-state index is 6.55. The van der Waals surface area contributed by atoms with Crippen molar-refractivity contribution in [2.45, 2.75) is 0 Å². The maximum Gasteiger partial charge on any atom is 0.144 e. The summed E-state index contributed by atoms with van der Waals surface area (Å²) in [7, 11) is 0. The van der Waals surface area contributed by atoms with Crippen molar-refractivity contribution in [3.8, 4) is 17.1 Å². The topological polar surface area (TPSA) is 31.0 Å². The van der Waals surface area contributed by atoms with Crippen LogP contribution in [0.3, 0.4) is 0 Å². The number of para-hydroxylation sites is 2. The molecular weight excluding hydrogens is 488 g/mol. The van der Waals surface area contributed by atoms with Crippen LogP contribution in [0.2, 0.25) is 0 Å². The number of pyridine rings is 1. The van der Waals surface area contributed by atoms with Gasteiger partial charge in [-0.15, -0.1) is 0 Å². The number of aromatic nitrogens is 2. The number of fused-ring (bicyclic) bond motifs is 11. The molecule has 0 radical (unpaired) electrons. The van der Waals surface area contributed by atoms with Gasteiger partial charge in [-0.25, -0.2) is 4.98 Å². The Morgan fingerprint density at radius 1 is 0.525 bits per heavy atom. The number of rotatable bonds is 2. The summed E-state index contributed by atoms with van der Waals surface area (Å²) in [5.74, 6) is 0.904. The highest BCUT2D eigenvalue weighted by atomic mass is 16.3. The first kappa shape index (κ1) is 21.5. The summed E-state index contributed by atoms with van der Waals surface area (Å²) in [5.41, 5.74) is 6.21. The summed E-state index contributed by atoms with van der Waals surface area (Å²) in [4.78, 5) is 5.39. The monoisotopic (exact) mass is 510 g/mol. The van der Waals surface area contributed by atoms with E-state index in [1.165, 1.54) is 10.8 Å². The molecular formula is C37H22N2O. The van der Waals surface area contributed by atoms with Gasteiger partial charge in [0.2, 0.25) is 0 Å². The molecule has 0 N–H and O–H groups in total. The van der Waals surface area contributed by atoms with Crippen LogP contribution in [0.25, 0.3) is 82.4 Å². The van der Waals surface area contributed by atoms with Crippen molar-refractivity contribution in [3.05, 3.63) is 133 Å². The zero-order valence-electron chi connectivity index (χ0n) is 21.5. The van der Waals surface area contributed by atoms with Crippen molar-refractivity contribution in [2.75, 3.05) is 0 Å². The highest BCUT2D eigenvalue weighted by molar-refractivity contribution is 6.35. The molecule has 0 saturated heterocycles. The van der Waals surface area contributed by atoms with Gasteiger partial charge in [0, 0.05) is 43.3 Å². The molecule has 0 amide bonds. The fourth-order valence-electron chi connectivity index (χ4n) is 6.47. The van der Waals surface area contributed by atoms with Crippen LogP contribution in [-0.4, -0.2) is 9.55 Å². The molecule has 0 unspecified atom stereocenters. The fraction of sp³-hybridized carbons (Fsp3) is 0. The molecule has 0 saturated carbocycles. The molecule has 0 atom stereocenters. The fourth-order valence-corrected chi connectivity index (χ4v) is 6.47. The summed E-state index contributed by atoms with van der Waals surface area (Å²) >= 11 is 0. The molecule has 9 rings (SSSR count). The highest BCUT2D eigenvalue weighted by Gasteiger charge is 2.23. The van der Waals surface area contributed by atoms with Gasteiger partial charge in [0.15, 0.2) is 0 Å². The zero-order valence-corrected chi connectivity index (χ0v) is 21.5. The first-order chi connectivity index (χ1) is 19.9. The predicted molar refractivity (Wildman–Crippen MR) is 166 cm³/mol. The molecule has 0 aliphatic rings. The quantitative estimate of drug-likeness (QED) is 0.232. The van der Waals surface area contributed by atoms with Crippen molar-refractivity contribution in [1.82, 2.24) is 9.55 Å². The van der Waals surface area contributed by atoms with Crippen molar-refractivity contribution < 1.29 is 4.42 Å². The van der Waals surface area contributed by atoms with Gasteiger partial charge in [0.25, 0.3) is 0 Å². The highest BCUT2D eigenvalue weighted by Crippen LogP contribution is 2.46. The molecule has 0 aliphatic heterocycles. The second-order valence-corrected chi connectivity index (χ2v) is 10.3. The maximum atomic E-state index is 6.55. The lowest BCUT2D eigenvalue weighted by atomic mass is 9.99. The predicted octanol–water partition coefficient (Wildman–Crippen LogP) is 10.1. The van der Waals surface area contributed by atoms with Gasteiger partial charge >= 0.3 is 0 Å². The van der Waals surface area contributed by atoms with E-state index in [1.807, 2.05) is 6.07 Å². The lowest BCUT2D eigenvalue weighted by molar-refractivity contribution is 0.673. The number of furan rings is 1.